The van der Waals surface area contributed by atoms with Crippen molar-refractivity contribution in [3.8, 4) is 39.6 Å². The third kappa shape index (κ3) is 5.94. The summed E-state index contributed by atoms with van der Waals surface area (Å²) in [6.45, 7) is 5.66. The van der Waals surface area contributed by atoms with Gasteiger partial charge in [-0.05, 0) is 66.9 Å². The standard InChI is InChI=1S/C37H31FN6O7/c1-36(2,3)29-19-43(35(46)47)32(41-29)30-24-17-23(26(44(48)49)18-28(24)51-31(30)20-6-9-22(38)10-7-20)21-8-11-27(50-4)25(16-21)33(45)42-37(12-13-37)34-39-14-5-15-40-34/h5-11,14-19H,12-13H2,1-4H3,(H,42,45)(H,46,47). The molecule has 0 atom stereocenters. The number of aromatic nitrogens is 4. The van der Waals surface area contributed by atoms with Gasteiger partial charge in [0.15, 0.2) is 11.6 Å². The maximum atomic E-state index is 14.0. The second kappa shape index (κ2) is 12.2. The van der Waals surface area contributed by atoms with Crippen molar-refractivity contribution in [2.75, 3.05) is 7.11 Å². The molecule has 2 N–H and O–H groups in total. The van der Waals surface area contributed by atoms with Crippen LogP contribution >= 0.6 is 0 Å². The van der Waals surface area contributed by atoms with Gasteiger partial charge in [-0.25, -0.2) is 28.7 Å². The molecule has 1 fully saturated rings. The summed E-state index contributed by atoms with van der Waals surface area (Å²) in [5, 5.41) is 26.1. The Balaban J connectivity index is 1.44. The van der Waals surface area contributed by atoms with Crippen LogP contribution in [0.2, 0.25) is 0 Å². The Morgan fingerprint density at radius 3 is 2.35 bits per heavy atom. The molecular formula is C37H31FN6O7. The van der Waals surface area contributed by atoms with Crippen LogP contribution in [0.4, 0.5) is 14.9 Å². The van der Waals surface area contributed by atoms with Crippen molar-refractivity contribution in [1.29, 1.82) is 0 Å². The lowest BCUT2D eigenvalue weighted by atomic mass is 9.93. The number of nitro benzene ring substituents is 1. The van der Waals surface area contributed by atoms with Crippen molar-refractivity contribution >= 4 is 28.7 Å². The lowest BCUT2D eigenvalue weighted by Crippen LogP contribution is -2.36. The molecule has 0 spiro atoms. The normalized spacial score (nSPS) is 13.6. The van der Waals surface area contributed by atoms with E-state index in [1.54, 1.807) is 30.6 Å². The minimum absolute atomic E-state index is 0.0120. The molecule has 13 nitrogen and oxygen atoms in total. The summed E-state index contributed by atoms with van der Waals surface area (Å²) in [5.74, 6) is -0.114. The van der Waals surface area contributed by atoms with Gasteiger partial charge in [0.05, 0.1) is 40.5 Å². The molecule has 0 unspecified atom stereocenters. The smallest absolute Gasteiger partial charge is 0.417 e. The second-order valence-corrected chi connectivity index (χ2v) is 13.3. The fourth-order valence-electron chi connectivity index (χ4n) is 6.02. The number of ether oxygens (including phenoxy) is 1. The number of carbonyl (C=O) groups excluding carboxylic acids is 1. The van der Waals surface area contributed by atoms with Crippen molar-refractivity contribution in [2.24, 2.45) is 0 Å². The number of hydrogen-bond donors (Lipinski definition) is 2. The fraction of sp³-hybridized carbons (Fsp3) is 0.216. The monoisotopic (exact) mass is 690 g/mol. The van der Waals surface area contributed by atoms with E-state index in [4.69, 9.17) is 14.1 Å². The zero-order chi connectivity index (χ0) is 36.2. The van der Waals surface area contributed by atoms with E-state index in [2.05, 4.69) is 15.3 Å². The van der Waals surface area contributed by atoms with Crippen molar-refractivity contribution in [2.45, 2.75) is 44.6 Å². The quantitative estimate of drug-likeness (QED) is 0.119. The van der Waals surface area contributed by atoms with Crippen LogP contribution in [0, 0.1) is 15.9 Å². The van der Waals surface area contributed by atoms with E-state index in [9.17, 15) is 29.2 Å². The Labute approximate surface area is 289 Å². The number of benzene rings is 3. The van der Waals surface area contributed by atoms with Gasteiger partial charge in [-0.1, -0.05) is 26.8 Å². The maximum Gasteiger partial charge on any atom is 0.417 e. The fourth-order valence-corrected chi connectivity index (χ4v) is 6.02. The first-order valence-corrected chi connectivity index (χ1v) is 15.9. The van der Waals surface area contributed by atoms with Crippen LogP contribution in [-0.2, 0) is 11.0 Å². The molecule has 3 heterocycles. The number of carboxylic acid groups (broad SMARTS) is 1. The Morgan fingerprint density at radius 1 is 1.06 bits per heavy atom. The van der Waals surface area contributed by atoms with Crippen LogP contribution in [0.15, 0.2) is 83.7 Å². The minimum atomic E-state index is -1.31. The summed E-state index contributed by atoms with van der Waals surface area (Å²) in [6, 6.07) is 14.5. The summed E-state index contributed by atoms with van der Waals surface area (Å²) in [7, 11) is 1.42. The largest absolute Gasteiger partial charge is 0.496 e. The molecule has 0 saturated heterocycles. The van der Waals surface area contributed by atoms with E-state index in [1.165, 1.54) is 55.8 Å². The van der Waals surface area contributed by atoms with Crippen molar-refractivity contribution in [3.05, 3.63) is 112 Å². The number of methoxy groups -OCH3 is 1. The van der Waals surface area contributed by atoms with Crippen LogP contribution in [0.1, 0.15) is 55.5 Å². The maximum absolute atomic E-state index is 14.0. The first-order valence-electron chi connectivity index (χ1n) is 15.9. The van der Waals surface area contributed by atoms with E-state index in [0.29, 0.717) is 40.9 Å². The molecule has 14 heteroatoms. The number of imidazole rings is 1. The average molecular weight is 691 g/mol. The zero-order valence-corrected chi connectivity index (χ0v) is 27.9. The summed E-state index contributed by atoms with van der Waals surface area (Å²) >= 11 is 0. The summed E-state index contributed by atoms with van der Waals surface area (Å²) < 4.78 is 26.7. The highest BCUT2D eigenvalue weighted by Crippen LogP contribution is 2.47. The number of amides is 1. The van der Waals surface area contributed by atoms with Crippen LogP contribution < -0.4 is 10.1 Å². The lowest BCUT2D eigenvalue weighted by molar-refractivity contribution is -0.384. The highest BCUT2D eigenvalue weighted by atomic mass is 19.1. The first-order chi connectivity index (χ1) is 24.3. The van der Waals surface area contributed by atoms with E-state index < -0.39 is 33.7 Å². The number of nitrogens with zero attached hydrogens (tertiary/aromatic N) is 5. The molecule has 258 valence electrons. The topological polar surface area (TPSA) is 176 Å². The SMILES string of the molecule is COc1ccc(-c2cc3c(-c4nc(C(C)(C)C)cn4C(=O)O)c(-c4ccc(F)cc4)oc3cc2[N+](=O)[O-])cc1C(=O)NC1(c2ncccn2)CC1. The number of nitrogens with one attached hydrogen (secondary N) is 1. The van der Waals surface area contributed by atoms with Gasteiger partial charge in [-0.15, -0.1) is 0 Å². The average Bonchev–Trinajstić information content (AvgIpc) is 3.57. The Hall–Kier alpha value is -6.44. The molecule has 0 radical (unpaired) electrons. The molecule has 7 rings (SSSR count). The molecule has 3 aromatic heterocycles. The minimum Gasteiger partial charge on any atom is -0.496 e. The lowest BCUT2D eigenvalue weighted by Gasteiger charge is -2.17. The van der Waals surface area contributed by atoms with Crippen LogP contribution in [-0.4, -0.2) is 48.7 Å². The van der Waals surface area contributed by atoms with Crippen LogP contribution in [0.5, 0.6) is 5.75 Å². The van der Waals surface area contributed by atoms with E-state index in [1.807, 2.05) is 20.8 Å². The number of carbonyl (C=O) groups is 2. The Morgan fingerprint density at radius 2 is 1.75 bits per heavy atom. The number of fused-ring (bicyclic) bond motifs is 1. The third-order valence-corrected chi connectivity index (χ3v) is 8.87. The predicted octanol–water partition coefficient (Wildman–Crippen LogP) is 7.72. The number of rotatable bonds is 8. The van der Waals surface area contributed by atoms with Gasteiger partial charge in [0.2, 0.25) is 0 Å². The van der Waals surface area contributed by atoms with Gasteiger partial charge < -0.3 is 19.6 Å². The number of furan rings is 1. The van der Waals surface area contributed by atoms with Gasteiger partial charge >= 0.3 is 6.09 Å². The van der Waals surface area contributed by atoms with E-state index in [0.717, 1.165) is 4.57 Å². The summed E-state index contributed by atoms with van der Waals surface area (Å²) in [5.41, 5.74) is 0.103. The Bertz CT molecular complexity index is 2360. The van der Waals surface area contributed by atoms with Crippen molar-refractivity contribution in [3.63, 3.8) is 0 Å². The molecule has 1 saturated carbocycles. The molecule has 6 aromatic rings. The van der Waals surface area contributed by atoms with Gasteiger partial charge in [-0.3, -0.25) is 14.9 Å². The van der Waals surface area contributed by atoms with E-state index in [-0.39, 0.29) is 45.3 Å². The van der Waals surface area contributed by atoms with Gasteiger partial charge in [-0.2, -0.15) is 0 Å². The van der Waals surface area contributed by atoms with Gasteiger partial charge in [0.25, 0.3) is 11.6 Å². The third-order valence-electron chi connectivity index (χ3n) is 8.87. The second-order valence-electron chi connectivity index (χ2n) is 13.3. The van der Waals surface area contributed by atoms with Crippen molar-refractivity contribution < 1.29 is 33.2 Å². The number of halogens is 1. The van der Waals surface area contributed by atoms with Gasteiger partial charge in [0.1, 0.15) is 28.4 Å². The molecule has 3 aromatic carbocycles. The Kier molecular flexibility index (Phi) is 7.88. The molecular weight excluding hydrogens is 659 g/mol. The van der Waals surface area contributed by atoms with Crippen LogP contribution in [0.25, 0.3) is 44.8 Å². The van der Waals surface area contributed by atoms with Crippen LogP contribution in [0.3, 0.4) is 0 Å². The molecule has 51 heavy (non-hydrogen) atoms. The first kappa shape index (κ1) is 33.1. The zero-order valence-electron chi connectivity index (χ0n) is 27.9. The highest BCUT2D eigenvalue weighted by Gasteiger charge is 2.48. The molecule has 1 aliphatic rings. The molecule has 0 aliphatic heterocycles. The molecule has 1 amide bonds. The summed E-state index contributed by atoms with van der Waals surface area (Å²) in [6.07, 6.45) is 4.58. The number of hydrogen-bond acceptors (Lipinski definition) is 9. The summed E-state index contributed by atoms with van der Waals surface area (Å²) in [4.78, 5) is 51.7. The number of nitro groups is 1. The highest BCUT2D eigenvalue weighted by molar-refractivity contribution is 6.05. The van der Waals surface area contributed by atoms with Gasteiger partial charge in [0, 0.05) is 35.0 Å². The van der Waals surface area contributed by atoms with Crippen molar-refractivity contribution in [1.82, 2.24) is 24.8 Å². The van der Waals surface area contributed by atoms with E-state index >= 15 is 0 Å². The predicted molar refractivity (Wildman–Crippen MR) is 184 cm³/mol. The molecule has 0 bridgehead atoms. The molecule has 1 aliphatic carbocycles.